The molecule has 1 heterocycles. The monoisotopic (exact) mass is 736 g/mol. The first kappa shape index (κ1) is 39.7. The zero-order valence-corrected chi connectivity index (χ0v) is 31.8. The Morgan fingerprint density at radius 2 is 1.57 bits per heavy atom. The normalized spacial score (nSPS) is 24.9. The minimum Gasteiger partial charge on any atom is -0.444 e. The van der Waals surface area contributed by atoms with Crippen LogP contribution in [0.1, 0.15) is 97.1 Å². The molecule has 6 amide bonds. The molecule has 14 heteroatoms. The minimum atomic E-state index is -1.18. The van der Waals surface area contributed by atoms with Crippen LogP contribution in [-0.4, -0.2) is 102 Å². The number of nitrogens with zero attached hydrogens (tertiary/aromatic N) is 2. The van der Waals surface area contributed by atoms with E-state index in [2.05, 4.69) is 21.3 Å². The minimum absolute atomic E-state index is 0.0835. The van der Waals surface area contributed by atoms with Crippen LogP contribution in [0.2, 0.25) is 0 Å². The van der Waals surface area contributed by atoms with Crippen molar-refractivity contribution in [3.05, 3.63) is 35.9 Å². The van der Waals surface area contributed by atoms with Gasteiger partial charge in [0.1, 0.15) is 23.7 Å². The molecule has 0 radical (unpaired) electrons. The van der Waals surface area contributed by atoms with Crippen LogP contribution in [0.5, 0.6) is 0 Å². The number of alkyl carbamates (subject to hydrolysis) is 1. The molecule has 53 heavy (non-hydrogen) atoms. The lowest BCUT2D eigenvalue weighted by atomic mass is 9.83. The maximum Gasteiger partial charge on any atom is 0.408 e. The largest absolute Gasteiger partial charge is 0.444 e. The highest BCUT2D eigenvalue weighted by Crippen LogP contribution is 2.63. The van der Waals surface area contributed by atoms with Crippen molar-refractivity contribution in [2.24, 2.45) is 23.7 Å². The molecule has 4 aliphatic rings. The molecule has 14 nitrogen and oxygen atoms in total. The standard InChI is InChI=1S/C39H56N6O8/c1-7-14-27(33(47)35(49)40-21-29(46)42-30(36(50)44(5)6)22-15-10-8-11-16-22)41-34(48)32-26-20-28(25-19-24(25)26)45(32)37(51)31(23-17-12-9-13-18-23)43-38(52)53-39(2,3)4/h8,10-11,15-16,23-28,30-32H,7,9,12-14,17-21H2,1-6H3,(H,40,49)(H,41,48)(H,42,46)(H,43,52)/t24?,25?,26?,27?,28?,30?,31?,32-/m0/s1. The fourth-order valence-corrected chi connectivity index (χ4v) is 8.58. The van der Waals surface area contributed by atoms with E-state index in [9.17, 15) is 33.6 Å². The number of amides is 6. The average Bonchev–Trinajstić information content (AvgIpc) is 3.73. The molecule has 3 aliphatic carbocycles. The number of Topliss-reactive ketones (excluding diaryl/α,β-unsaturated/α-hetero) is 1. The third-order valence-corrected chi connectivity index (χ3v) is 11.1. The molecular weight excluding hydrogens is 680 g/mol. The Bertz CT molecular complexity index is 1550. The molecule has 5 rings (SSSR count). The number of piperidine rings is 1. The summed E-state index contributed by atoms with van der Waals surface area (Å²) >= 11 is 0. The molecule has 4 N–H and O–H groups in total. The summed E-state index contributed by atoms with van der Waals surface area (Å²) in [5, 5.41) is 10.7. The summed E-state index contributed by atoms with van der Waals surface area (Å²) in [6, 6.07) is 4.67. The summed E-state index contributed by atoms with van der Waals surface area (Å²) in [7, 11) is 3.13. The second kappa shape index (κ2) is 16.7. The van der Waals surface area contributed by atoms with Crippen molar-refractivity contribution in [1.29, 1.82) is 0 Å². The third-order valence-electron chi connectivity index (χ3n) is 11.1. The van der Waals surface area contributed by atoms with Crippen LogP contribution in [-0.2, 0) is 33.5 Å². The SMILES string of the molecule is CCCC(NC(=O)[C@@H]1C2CC(C3CC32)N1C(=O)C(NC(=O)OC(C)(C)C)C1CCCCC1)C(=O)C(=O)NCC(=O)NC(C(=O)N(C)C)c1ccccc1. The van der Waals surface area contributed by atoms with E-state index in [0.717, 1.165) is 38.5 Å². The Kier molecular flexibility index (Phi) is 12.5. The highest BCUT2D eigenvalue weighted by molar-refractivity contribution is 6.38. The first-order valence-corrected chi connectivity index (χ1v) is 19.1. The van der Waals surface area contributed by atoms with Gasteiger partial charge in [-0.15, -0.1) is 0 Å². The lowest BCUT2D eigenvalue weighted by molar-refractivity contribution is -0.147. The fourth-order valence-electron chi connectivity index (χ4n) is 8.58. The first-order valence-electron chi connectivity index (χ1n) is 19.1. The van der Waals surface area contributed by atoms with Crippen molar-refractivity contribution in [1.82, 2.24) is 31.1 Å². The van der Waals surface area contributed by atoms with Crippen LogP contribution >= 0.6 is 0 Å². The average molecular weight is 737 g/mol. The number of carbonyl (C=O) groups excluding carboxylic acids is 7. The van der Waals surface area contributed by atoms with Gasteiger partial charge in [0.2, 0.25) is 29.4 Å². The number of carbonyl (C=O) groups is 7. The predicted octanol–water partition coefficient (Wildman–Crippen LogP) is 2.61. The van der Waals surface area contributed by atoms with E-state index in [1.54, 1.807) is 70.1 Å². The van der Waals surface area contributed by atoms with Gasteiger partial charge in [-0.3, -0.25) is 28.8 Å². The summed E-state index contributed by atoms with van der Waals surface area (Å²) < 4.78 is 5.54. The highest BCUT2D eigenvalue weighted by atomic mass is 16.6. The first-order chi connectivity index (χ1) is 25.1. The van der Waals surface area contributed by atoms with Gasteiger partial charge in [-0.05, 0) is 82.1 Å². The lowest BCUT2D eigenvalue weighted by Gasteiger charge is -2.39. The predicted molar refractivity (Wildman–Crippen MR) is 195 cm³/mol. The summed E-state index contributed by atoms with van der Waals surface area (Å²) in [6.45, 7) is 6.54. The number of nitrogens with one attached hydrogen (secondary N) is 4. The van der Waals surface area contributed by atoms with E-state index < -0.39 is 65.9 Å². The third kappa shape index (κ3) is 9.36. The lowest BCUT2D eigenvalue weighted by Crippen LogP contribution is -2.62. The smallest absolute Gasteiger partial charge is 0.408 e. The Morgan fingerprint density at radius 3 is 2.19 bits per heavy atom. The van der Waals surface area contributed by atoms with Crippen LogP contribution in [0.25, 0.3) is 0 Å². The Labute approximate surface area is 311 Å². The number of likely N-dealkylation sites (tertiary alicyclic amines) is 1. The number of ketones is 1. The van der Waals surface area contributed by atoms with Gasteiger partial charge in [0.25, 0.3) is 5.91 Å². The quantitative estimate of drug-likeness (QED) is 0.210. The number of ether oxygens (including phenoxy) is 1. The summed E-state index contributed by atoms with van der Waals surface area (Å²) in [4.78, 5) is 97.0. The Balaban J connectivity index is 1.26. The number of hydrogen-bond acceptors (Lipinski definition) is 8. The van der Waals surface area contributed by atoms with Gasteiger partial charge >= 0.3 is 6.09 Å². The summed E-state index contributed by atoms with van der Waals surface area (Å²) in [5.74, 6) is -3.35. The van der Waals surface area contributed by atoms with E-state index in [4.69, 9.17) is 4.74 Å². The van der Waals surface area contributed by atoms with Crippen molar-refractivity contribution in [2.75, 3.05) is 20.6 Å². The van der Waals surface area contributed by atoms with E-state index in [-0.39, 0.29) is 36.1 Å². The second-order valence-corrected chi connectivity index (χ2v) is 16.3. The van der Waals surface area contributed by atoms with E-state index in [1.807, 2.05) is 6.92 Å². The molecule has 0 aromatic heterocycles. The Hall–Kier alpha value is -4.49. The van der Waals surface area contributed by atoms with Gasteiger partial charge in [0.15, 0.2) is 0 Å². The van der Waals surface area contributed by atoms with Gasteiger partial charge in [-0.25, -0.2) is 4.79 Å². The topological polar surface area (TPSA) is 183 Å². The van der Waals surface area contributed by atoms with Gasteiger partial charge < -0.3 is 35.8 Å². The number of fused-ring (bicyclic) bond motifs is 5. The molecule has 0 spiro atoms. The van der Waals surface area contributed by atoms with Crippen LogP contribution in [0.4, 0.5) is 4.79 Å². The van der Waals surface area contributed by atoms with Gasteiger partial charge in [0, 0.05) is 20.1 Å². The van der Waals surface area contributed by atoms with Crippen LogP contribution in [0.15, 0.2) is 30.3 Å². The maximum absolute atomic E-state index is 14.5. The molecule has 8 atom stereocenters. The molecule has 2 bridgehead atoms. The van der Waals surface area contributed by atoms with Crippen molar-refractivity contribution in [3.8, 4) is 0 Å². The van der Waals surface area contributed by atoms with E-state index in [0.29, 0.717) is 30.2 Å². The Morgan fingerprint density at radius 1 is 0.887 bits per heavy atom. The fraction of sp³-hybridized carbons (Fsp3) is 0.667. The number of likely N-dealkylation sites (N-methyl/N-ethyl adjacent to an activating group) is 1. The molecule has 1 aromatic rings. The molecule has 7 unspecified atom stereocenters. The van der Waals surface area contributed by atoms with Crippen molar-refractivity contribution in [2.45, 2.75) is 121 Å². The molecule has 1 aliphatic heterocycles. The molecule has 3 saturated carbocycles. The van der Waals surface area contributed by atoms with Gasteiger partial charge in [-0.1, -0.05) is 62.9 Å². The number of hydrogen-bond donors (Lipinski definition) is 4. The maximum atomic E-state index is 14.5. The van der Waals surface area contributed by atoms with Crippen molar-refractivity contribution >= 4 is 41.4 Å². The van der Waals surface area contributed by atoms with E-state index >= 15 is 0 Å². The summed E-state index contributed by atoms with van der Waals surface area (Å²) in [6.07, 6.45) is 6.05. The van der Waals surface area contributed by atoms with Gasteiger partial charge in [0.05, 0.1) is 12.6 Å². The molecule has 1 saturated heterocycles. The number of benzene rings is 1. The highest BCUT2D eigenvalue weighted by Gasteiger charge is 2.68. The molecule has 290 valence electrons. The molecule has 1 aromatic carbocycles. The zero-order chi connectivity index (χ0) is 38.6. The van der Waals surface area contributed by atoms with Crippen LogP contribution in [0.3, 0.4) is 0 Å². The van der Waals surface area contributed by atoms with Crippen molar-refractivity contribution in [3.63, 3.8) is 0 Å². The molecular formula is C39H56N6O8. The second-order valence-electron chi connectivity index (χ2n) is 16.3. The molecule has 4 fully saturated rings. The van der Waals surface area contributed by atoms with Crippen LogP contribution < -0.4 is 21.3 Å². The van der Waals surface area contributed by atoms with Crippen molar-refractivity contribution < 1.29 is 38.3 Å². The van der Waals surface area contributed by atoms with Crippen LogP contribution in [0, 0.1) is 23.7 Å². The number of rotatable bonds is 14. The van der Waals surface area contributed by atoms with Gasteiger partial charge in [-0.2, -0.15) is 0 Å². The van der Waals surface area contributed by atoms with E-state index in [1.165, 1.54) is 4.90 Å². The summed E-state index contributed by atoms with van der Waals surface area (Å²) in [5.41, 5.74) is -0.197. The zero-order valence-electron chi connectivity index (χ0n) is 31.8.